The Morgan fingerprint density at radius 2 is 2.00 bits per heavy atom. The monoisotopic (exact) mass is 184 g/mol. The van der Waals surface area contributed by atoms with Crippen molar-refractivity contribution in [1.82, 2.24) is 0 Å². The van der Waals surface area contributed by atoms with E-state index in [-0.39, 0.29) is 0 Å². The zero-order valence-electron chi connectivity index (χ0n) is 6.53. The number of thioether (sulfide) groups is 1. The minimum absolute atomic E-state index is 0.541. The molecule has 1 unspecified atom stereocenters. The third-order valence-corrected chi connectivity index (χ3v) is 3.24. The lowest BCUT2D eigenvalue weighted by molar-refractivity contribution is 1.13. The largest absolute Gasteiger partial charge is 0.178 e. The molecule has 0 bridgehead atoms. The van der Waals surface area contributed by atoms with Crippen LogP contribution in [0, 0.1) is 0 Å². The van der Waals surface area contributed by atoms with Crippen LogP contribution in [0.4, 0.5) is 0 Å². The molecule has 0 saturated carbocycles. The zero-order valence-corrected chi connectivity index (χ0v) is 8.24. The van der Waals surface area contributed by atoms with Gasteiger partial charge in [-0.15, -0.1) is 0 Å². The maximum absolute atomic E-state index is 4.29. The summed E-state index contributed by atoms with van der Waals surface area (Å²) in [6.07, 6.45) is 2.12. The average molecular weight is 184 g/mol. The Kier molecular flexibility index (Phi) is 3.87. The van der Waals surface area contributed by atoms with Gasteiger partial charge in [-0.25, -0.2) is 0 Å². The van der Waals surface area contributed by atoms with Crippen molar-refractivity contribution in [3.05, 3.63) is 35.9 Å². The number of hydrogen-bond donors (Lipinski definition) is 1. The maximum Gasteiger partial charge on any atom is 0.0382 e. The lowest BCUT2D eigenvalue weighted by Gasteiger charge is -2.10. The van der Waals surface area contributed by atoms with E-state index in [1.165, 1.54) is 5.56 Å². The van der Waals surface area contributed by atoms with Crippen LogP contribution < -0.4 is 0 Å². The molecule has 0 aliphatic carbocycles. The topological polar surface area (TPSA) is 0 Å². The van der Waals surface area contributed by atoms with Crippen LogP contribution in [-0.2, 0) is 0 Å². The van der Waals surface area contributed by atoms with E-state index in [0.717, 1.165) is 5.75 Å². The summed E-state index contributed by atoms with van der Waals surface area (Å²) in [6, 6.07) is 10.5. The molecule has 2 heteroatoms. The molecule has 0 aromatic heterocycles. The fourth-order valence-corrected chi connectivity index (χ4v) is 2.22. The Morgan fingerprint density at radius 3 is 2.45 bits per heavy atom. The van der Waals surface area contributed by atoms with Gasteiger partial charge in [0.1, 0.15) is 0 Å². The van der Waals surface area contributed by atoms with Crippen molar-refractivity contribution in [2.45, 2.75) is 5.25 Å². The first-order chi connectivity index (χ1) is 5.38. The van der Waals surface area contributed by atoms with E-state index in [1.54, 1.807) is 0 Å². The van der Waals surface area contributed by atoms with E-state index in [2.05, 4.69) is 43.2 Å². The van der Waals surface area contributed by atoms with Crippen LogP contribution in [0.3, 0.4) is 0 Å². The summed E-state index contributed by atoms with van der Waals surface area (Å²) >= 11 is 6.13. The predicted octanol–water partition coefficient (Wildman–Crippen LogP) is 3.02. The van der Waals surface area contributed by atoms with Gasteiger partial charge < -0.3 is 0 Å². The van der Waals surface area contributed by atoms with Gasteiger partial charge in [0.15, 0.2) is 0 Å². The Balaban J connectivity index is 2.74. The molecule has 1 atom stereocenters. The van der Waals surface area contributed by atoms with E-state index in [4.69, 9.17) is 0 Å². The third-order valence-electron chi connectivity index (χ3n) is 1.62. The molecule has 0 aliphatic rings. The highest BCUT2D eigenvalue weighted by molar-refractivity contribution is 7.99. The first-order valence-corrected chi connectivity index (χ1v) is 5.49. The van der Waals surface area contributed by atoms with Crippen LogP contribution in [0.15, 0.2) is 30.3 Å². The molecule has 1 aromatic carbocycles. The van der Waals surface area contributed by atoms with Gasteiger partial charge in [0.05, 0.1) is 0 Å². The van der Waals surface area contributed by atoms with Crippen LogP contribution >= 0.6 is 24.4 Å². The normalized spacial score (nSPS) is 12.9. The smallest absolute Gasteiger partial charge is 0.0382 e. The van der Waals surface area contributed by atoms with Gasteiger partial charge in [0, 0.05) is 11.0 Å². The van der Waals surface area contributed by atoms with E-state index in [1.807, 2.05) is 17.8 Å². The van der Waals surface area contributed by atoms with Crippen molar-refractivity contribution >= 4 is 24.4 Å². The highest BCUT2D eigenvalue weighted by atomic mass is 32.2. The summed E-state index contributed by atoms with van der Waals surface area (Å²) in [5.74, 6) is 0.908. The summed E-state index contributed by atoms with van der Waals surface area (Å²) in [5, 5.41) is 0.541. The summed E-state index contributed by atoms with van der Waals surface area (Å²) in [7, 11) is 0. The fraction of sp³-hybridized carbons (Fsp3) is 0.333. The van der Waals surface area contributed by atoms with E-state index < -0.39 is 0 Å². The second-order valence-electron chi connectivity index (χ2n) is 2.32. The minimum Gasteiger partial charge on any atom is -0.178 e. The summed E-state index contributed by atoms with van der Waals surface area (Å²) in [4.78, 5) is 0. The van der Waals surface area contributed by atoms with Gasteiger partial charge in [0.2, 0.25) is 0 Å². The summed E-state index contributed by atoms with van der Waals surface area (Å²) in [6.45, 7) is 0. The Bertz CT molecular complexity index is 192. The van der Waals surface area contributed by atoms with Crippen molar-refractivity contribution in [2.24, 2.45) is 0 Å². The quantitative estimate of drug-likeness (QED) is 0.705. The lowest BCUT2D eigenvalue weighted by Crippen LogP contribution is -1.93. The van der Waals surface area contributed by atoms with Crippen LogP contribution in [0.2, 0.25) is 0 Å². The molecule has 60 valence electrons. The first-order valence-electron chi connectivity index (χ1n) is 3.57. The first kappa shape index (κ1) is 9.01. The Hall–Kier alpha value is -0.0800. The van der Waals surface area contributed by atoms with Gasteiger partial charge in [-0.1, -0.05) is 30.3 Å². The van der Waals surface area contributed by atoms with Gasteiger partial charge in [-0.3, -0.25) is 0 Å². The molecule has 1 rings (SSSR count). The van der Waals surface area contributed by atoms with E-state index in [9.17, 15) is 0 Å². The number of hydrogen-bond acceptors (Lipinski definition) is 2. The second kappa shape index (κ2) is 4.73. The number of benzene rings is 1. The molecular formula is C9H12S2. The highest BCUT2D eigenvalue weighted by Crippen LogP contribution is 2.26. The van der Waals surface area contributed by atoms with Crippen LogP contribution in [0.1, 0.15) is 10.8 Å². The van der Waals surface area contributed by atoms with Crippen molar-refractivity contribution < 1.29 is 0 Å². The van der Waals surface area contributed by atoms with E-state index >= 15 is 0 Å². The van der Waals surface area contributed by atoms with Crippen LogP contribution in [-0.4, -0.2) is 12.0 Å². The predicted molar refractivity (Wildman–Crippen MR) is 56.6 cm³/mol. The molecule has 0 spiro atoms. The van der Waals surface area contributed by atoms with Gasteiger partial charge in [-0.05, 0) is 11.8 Å². The fourth-order valence-electron chi connectivity index (χ4n) is 0.984. The van der Waals surface area contributed by atoms with Crippen LogP contribution in [0.25, 0.3) is 0 Å². The SMILES string of the molecule is CSC(CS)c1ccccc1. The molecule has 0 aliphatic heterocycles. The molecule has 0 amide bonds. The molecule has 0 fully saturated rings. The molecule has 0 heterocycles. The van der Waals surface area contributed by atoms with Gasteiger partial charge in [-0.2, -0.15) is 24.4 Å². The van der Waals surface area contributed by atoms with Crippen molar-refractivity contribution in [2.75, 3.05) is 12.0 Å². The second-order valence-corrected chi connectivity index (χ2v) is 3.72. The number of rotatable bonds is 3. The zero-order chi connectivity index (χ0) is 8.10. The van der Waals surface area contributed by atoms with Gasteiger partial charge in [0.25, 0.3) is 0 Å². The average Bonchev–Trinajstić information content (AvgIpc) is 2.09. The Morgan fingerprint density at radius 1 is 1.36 bits per heavy atom. The number of thiol groups is 1. The molecule has 0 saturated heterocycles. The van der Waals surface area contributed by atoms with Crippen molar-refractivity contribution in [3.63, 3.8) is 0 Å². The minimum atomic E-state index is 0.541. The molecule has 0 N–H and O–H groups in total. The highest BCUT2D eigenvalue weighted by Gasteiger charge is 2.05. The molecule has 1 aromatic rings. The summed E-state index contributed by atoms with van der Waals surface area (Å²) < 4.78 is 0. The molecular weight excluding hydrogens is 172 g/mol. The molecule has 0 radical (unpaired) electrons. The lowest BCUT2D eigenvalue weighted by atomic mass is 10.2. The molecule has 11 heavy (non-hydrogen) atoms. The van der Waals surface area contributed by atoms with Crippen molar-refractivity contribution in [1.29, 1.82) is 0 Å². The summed E-state index contributed by atoms with van der Waals surface area (Å²) in [5.41, 5.74) is 1.37. The third kappa shape index (κ3) is 2.46. The maximum atomic E-state index is 4.29. The molecule has 0 nitrogen and oxygen atoms in total. The van der Waals surface area contributed by atoms with Crippen LogP contribution in [0.5, 0.6) is 0 Å². The standard InChI is InChI=1S/C9H12S2/c1-11-9(7-10)8-5-3-2-4-6-8/h2-6,9-10H,7H2,1H3. The van der Waals surface area contributed by atoms with Crippen molar-refractivity contribution in [3.8, 4) is 0 Å². The Labute approximate surface area is 77.8 Å². The van der Waals surface area contributed by atoms with E-state index in [0.29, 0.717) is 5.25 Å². The van der Waals surface area contributed by atoms with Gasteiger partial charge >= 0.3 is 0 Å².